The minimum Gasteiger partial charge on any atom is -0.352 e. The number of halogens is 2. The molecule has 0 bridgehead atoms. The van der Waals surface area contributed by atoms with E-state index in [2.05, 4.69) is 17.4 Å². The molecule has 2 aromatic carbocycles. The first kappa shape index (κ1) is 26.6. The van der Waals surface area contributed by atoms with E-state index in [1.165, 1.54) is 5.56 Å². The van der Waals surface area contributed by atoms with Gasteiger partial charge in [0.1, 0.15) is 6.04 Å². The molecule has 7 heteroatoms. The number of carbonyl (C=O) groups excluding carboxylic acids is 2. The van der Waals surface area contributed by atoms with Crippen LogP contribution in [0, 0.1) is 0 Å². The summed E-state index contributed by atoms with van der Waals surface area (Å²) in [4.78, 5) is 27.9. The van der Waals surface area contributed by atoms with E-state index in [0.717, 1.165) is 17.7 Å². The van der Waals surface area contributed by atoms with Gasteiger partial charge in [0.15, 0.2) is 0 Å². The number of amides is 2. The Balaban J connectivity index is 2.10. The van der Waals surface area contributed by atoms with Crippen LogP contribution in [-0.2, 0) is 21.9 Å². The molecule has 2 atom stereocenters. The summed E-state index contributed by atoms with van der Waals surface area (Å²) in [6.07, 6.45) is 1.73. The maximum Gasteiger partial charge on any atom is 0.243 e. The molecular formula is C25H32Cl2N2O2S. The highest BCUT2D eigenvalue weighted by atomic mass is 35.5. The lowest BCUT2D eigenvalue weighted by molar-refractivity contribution is -0.141. The smallest absolute Gasteiger partial charge is 0.243 e. The molecule has 2 unspecified atom stereocenters. The number of nitrogens with zero attached hydrogens (tertiary/aromatic N) is 1. The second-order valence-electron chi connectivity index (χ2n) is 7.80. The fourth-order valence-corrected chi connectivity index (χ4v) is 4.47. The molecule has 2 amide bonds. The zero-order valence-corrected chi connectivity index (χ0v) is 21.3. The molecule has 0 radical (unpaired) electrons. The first-order valence-electron chi connectivity index (χ1n) is 11.0. The number of carbonyl (C=O) groups is 2. The molecule has 0 saturated carbocycles. The van der Waals surface area contributed by atoms with Crippen molar-refractivity contribution in [3.8, 4) is 0 Å². The molecule has 0 saturated heterocycles. The normalized spacial score (nSPS) is 12.8. The predicted molar refractivity (Wildman–Crippen MR) is 136 cm³/mol. The van der Waals surface area contributed by atoms with E-state index in [1.54, 1.807) is 28.8 Å². The molecule has 2 aromatic rings. The number of hydrogen-bond donors (Lipinski definition) is 1. The summed E-state index contributed by atoms with van der Waals surface area (Å²) in [7, 11) is 0. The molecule has 174 valence electrons. The van der Waals surface area contributed by atoms with E-state index < -0.39 is 6.04 Å². The molecule has 0 fully saturated rings. The Morgan fingerprint density at radius 1 is 1.00 bits per heavy atom. The molecule has 0 aromatic heterocycles. The molecule has 1 N–H and O–H groups in total. The van der Waals surface area contributed by atoms with Crippen LogP contribution in [0.3, 0.4) is 0 Å². The van der Waals surface area contributed by atoms with Gasteiger partial charge in [-0.1, -0.05) is 73.4 Å². The van der Waals surface area contributed by atoms with Crippen molar-refractivity contribution in [3.05, 3.63) is 69.7 Å². The number of rotatable bonds is 12. The number of hydrogen-bond acceptors (Lipinski definition) is 3. The molecule has 32 heavy (non-hydrogen) atoms. The zero-order chi connectivity index (χ0) is 23.5. The third-order valence-electron chi connectivity index (χ3n) is 5.30. The molecule has 2 rings (SSSR count). The van der Waals surface area contributed by atoms with Crippen LogP contribution in [0.15, 0.2) is 48.5 Å². The van der Waals surface area contributed by atoms with Crippen LogP contribution in [0.2, 0.25) is 10.0 Å². The van der Waals surface area contributed by atoms with Gasteiger partial charge in [0.25, 0.3) is 0 Å². The Morgan fingerprint density at radius 2 is 1.72 bits per heavy atom. The van der Waals surface area contributed by atoms with Gasteiger partial charge in [-0.3, -0.25) is 9.59 Å². The Hall–Kier alpha value is -1.69. The molecule has 0 aliphatic carbocycles. The van der Waals surface area contributed by atoms with Gasteiger partial charge < -0.3 is 10.2 Å². The fraction of sp³-hybridized carbons (Fsp3) is 0.440. The fourth-order valence-electron chi connectivity index (χ4n) is 3.26. The highest BCUT2D eigenvalue weighted by Crippen LogP contribution is 2.24. The van der Waals surface area contributed by atoms with E-state index in [9.17, 15) is 9.59 Å². The van der Waals surface area contributed by atoms with E-state index in [-0.39, 0.29) is 17.9 Å². The zero-order valence-electron chi connectivity index (χ0n) is 18.9. The van der Waals surface area contributed by atoms with Gasteiger partial charge in [0, 0.05) is 30.5 Å². The lowest BCUT2D eigenvalue weighted by atomic mass is 10.1. The maximum atomic E-state index is 13.2. The first-order chi connectivity index (χ1) is 15.3. The first-order valence-corrected chi connectivity index (χ1v) is 12.9. The Labute approximate surface area is 206 Å². The summed E-state index contributed by atoms with van der Waals surface area (Å²) in [6.45, 7) is 6.23. The lowest BCUT2D eigenvalue weighted by Gasteiger charge is -2.31. The van der Waals surface area contributed by atoms with E-state index in [0.29, 0.717) is 35.2 Å². The predicted octanol–water partition coefficient (Wildman–Crippen LogP) is 6.34. The van der Waals surface area contributed by atoms with Gasteiger partial charge in [0.05, 0.1) is 10.0 Å². The number of nitrogens with one attached hydrogen (secondary N) is 1. The highest BCUT2D eigenvalue weighted by molar-refractivity contribution is 7.98. The van der Waals surface area contributed by atoms with Gasteiger partial charge in [-0.2, -0.15) is 11.8 Å². The lowest BCUT2D eigenvalue weighted by Crippen LogP contribution is -2.50. The summed E-state index contributed by atoms with van der Waals surface area (Å²) in [5, 5.41) is 3.93. The van der Waals surface area contributed by atoms with Crippen molar-refractivity contribution in [2.75, 3.05) is 5.75 Å². The minimum atomic E-state index is -0.537. The molecule has 0 heterocycles. The molecular weight excluding hydrogens is 463 g/mol. The van der Waals surface area contributed by atoms with Gasteiger partial charge >= 0.3 is 0 Å². The topological polar surface area (TPSA) is 49.4 Å². The second kappa shape index (κ2) is 13.8. The Bertz CT molecular complexity index is 880. The minimum absolute atomic E-state index is 0.0391. The molecule has 0 aliphatic heterocycles. The van der Waals surface area contributed by atoms with E-state index in [1.807, 2.05) is 45.0 Å². The second-order valence-corrected chi connectivity index (χ2v) is 9.72. The van der Waals surface area contributed by atoms with Crippen molar-refractivity contribution in [1.29, 1.82) is 0 Å². The van der Waals surface area contributed by atoms with Gasteiger partial charge in [0.2, 0.25) is 11.8 Å². The quantitative estimate of drug-likeness (QED) is 0.350. The average Bonchev–Trinajstić information content (AvgIpc) is 2.79. The molecule has 0 aliphatic rings. The van der Waals surface area contributed by atoms with Crippen molar-refractivity contribution in [1.82, 2.24) is 10.2 Å². The summed E-state index contributed by atoms with van der Waals surface area (Å²) < 4.78 is 0. The van der Waals surface area contributed by atoms with Gasteiger partial charge in [-0.15, -0.1) is 0 Å². The van der Waals surface area contributed by atoms with Crippen LogP contribution in [0.5, 0.6) is 0 Å². The largest absolute Gasteiger partial charge is 0.352 e. The Morgan fingerprint density at radius 3 is 2.34 bits per heavy atom. The van der Waals surface area contributed by atoms with Crippen LogP contribution < -0.4 is 5.32 Å². The summed E-state index contributed by atoms with van der Waals surface area (Å²) in [5.74, 6) is 1.39. The van der Waals surface area contributed by atoms with Crippen molar-refractivity contribution in [2.24, 2.45) is 0 Å². The molecule has 4 nitrogen and oxygen atoms in total. The number of thioether (sulfide) groups is 1. The van der Waals surface area contributed by atoms with Crippen molar-refractivity contribution in [2.45, 2.75) is 64.4 Å². The summed E-state index contributed by atoms with van der Waals surface area (Å²) in [6, 6.07) is 15.0. The van der Waals surface area contributed by atoms with Crippen LogP contribution in [-0.4, -0.2) is 34.6 Å². The van der Waals surface area contributed by atoms with Crippen LogP contribution >= 0.6 is 35.0 Å². The van der Waals surface area contributed by atoms with Crippen molar-refractivity contribution < 1.29 is 9.59 Å². The van der Waals surface area contributed by atoms with Crippen molar-refractivity contribution >= 4 is 46.8 Å². The van der Waals surface area contributed by atoms with Gasteiger partial charge in [-0.25, -0.2) is 0 Å². The Kier molecular flexibility index (Phi) is 11.4. The highest BCUT2D eigenvalue weighted by Gasteiger charge is 2.29. The summed E-state index contributed by atoms with van der Waals surface area (Å²) in [5.41, 5.74) is 2.08. The van der Waals surface area contributed by atoms with Crippen LogP contribution in [0.1, 0.15) is 51.2 Å². The van der Waals surface area contributed by atoms with E-state index in [4.69, 9.17) is 23.2 Å². The average molecular weight is 496 g/mol. The summed E-state index contributed by atoms with van der Waals surface area (Å²) >= 11 is 14.0. The van der Waals surface area contributed by atoms with Crippen molar-refractivity contribution in [3.63, 3.8) is 0 Å². The van der Waals surface area contributed by atoms with Crippen LogP contribution in [0.4, 0.5) is 0 Å². The van der Waals surface area contributed by atoms with Gasteiger partial charge in [-0.05, 0) is 43.0 Å². The third-order valence-corrected chi connectivity index (χ3v) is 7.06. The standard InChI is InChI=1S/C25H32Cl2N2O2S/c1-4-18(3)28-25(31)23(5-2)29(16-20-11-12-21(26)22(27)15-20)24(30)13-14-32-17-19-9-7-6-8-10-19/h6-12,15,18,23H,4-5,13-14,16-17H2,1-3H3,(H,28,31). The van der Waals surface area contributed by atoms with Crippen LogP contribution in [0.25, 0.3) is 0 Å². The maximum absolute atomic E-state index is 13.2. The number of benzene rings is 2. The molecule has 0 spiro atoms. The van der Waals surface area contributed by atoms with E-state index >= 15 is 0 Å². The SMILES string of the molecule is CCC(C)NC(=O)C(CC)N(Cc1ccc(Cl)c(Cl)c1)C(=O)CCSCc1ccccc1. The third kappa shape index (κ3) is 8.34. The monoisotopic (exact) mass is 494 g/mol.